The molecule has 2 aromatic heterocycles. The van der Waals surface area contributed by atoms with E-state index >= 15 is 0 Å². The van der Waals surface area contributed by atoms with E-state index in [1.54, 1.807) is 6.33 Å². The van der Waals surface area contributed by atoms with Crippen molar-refractivity contribution in [3.8, 4) is 0 Å². The second-order valence-corrected chi connectivity index (χ2v) is 11.2. The summed E-state index contributed by atoms with van der Waals surface area (Å²) in [5.74, 6) is 0.142. The van der Waals surface area contributed by atoms with E-state index in [9.17, 15) is 9.36 Å². The quantitative estimate of drug-likeness (QED) is 0.386. The van der Waals surface area contributed by atoms with Gasteiger partial charge in [-0.05, 0) is 30.4 Å². The molecule has 2 fully saturated rings. The fourth-order valence-electron chi connectivity index (χ4n) is 4.66. The molecule has 3 N–H and O–H groups in total. The van der Waals surface area contributed by atoms with E-state index in [1.807, 2.05) is 11.5 Å². The van der Waals surface area contributed by atoms with Crippen LogP contribution in [0.15, 0.2) is 6.33 Å². The number of anilines is 1. The Balaban J connectivity index is 1.54. The van der Waals surface area contributed by atoms with Crippen LogP contribution in [0.4, 0.5) is 5.82 Å². The van der Waals surface area contributed by atoms with Gasteiger partial charge >= 0.3 is 7.60 Å². The van der Waals surface area contributed by atoms with Crippen molar-refractivity contribution >= 4 is 42.1 Å². The maximum absolute atomic E-state index is 12.2. The van der Waals surface area contributed by atoms with E-state index in [0.29, 0.717) is 23.0 Å². The Morgan fingerprint density at radius 3 is 2.67 bits per heavy atom. The van der Waals surface area contributed by atoms with Gasteiger partial charge < -0.3 is 24.7 Å². The first-order valence-corrected chi connectivity index (χ1v) is 13.3. The highest BCUT2D eigenvalue weighted by Gasteiger charge is 2.42. The molecule has 33 heavy (non-hydrogen) atoms. The molecule has 182 valence electrons. The highest BCUT2D eigenvalue weighted by Crippen LogP contribution is 2.41. The van der Waals surface area contributed by atoms with Gasteiger partial charge in [-0.2, -0.15) is 9.97 Å². The largest absolute Gasteiger partial charge is 0.365 e. The zero-order valence-electron chi connectivity index (χ0n) is 18.9. The Labute approximate surface area is 197 Å². The lowest BCUT2D eigenvalue weighted by Gasteiger charge is -2.24. The first-order valence-electron chi connectivity index (χ1n) is 11.1. The summed E-state index contributed by atoms with van der Waals surface area (Å²) in [6.45, 7) is 4.31. The molecule has 2 aromatic rings. The fraction of sp³-hybridized carbons (Fsp3) is 0.700. The molecule has 1 aliphatic heterocycles. The number of nitrogens with zero attached hydrogens (tertiary/aromatic N) is 5. The minimum atomic E-state index is -4.42. The average molecular weight is 501 g/mol. The summed E-state index contributed by atoms with van der Waals surface area (Å²) in [6, 6.07) is 0.344. The minimum Gasteiger partial charge on any atom is -0.365 e. The molecule has 1 amide bonds. The first kappa shape index (κ1) is 24.3. The summed E-state index contributed by atoms with van der Waals surface area (Å²) < 4.78 is 19.3. The third kappa shape index (κ3) is 5.33. The number of carbonyl (C=O) groups is 1. The summed E-state index contributed by atoms with van der Waals surface area (Å²) >= 11 is 6.24. The smallest absolute Gasteiger partial charge is 0.334 e. The van der Waals surface area contributed by atoms with E-state index < -0.39 is 19.7 Å². The summed E-state index contributed by atoms with van der Waals surface area (Å²) in [7, 11) is -2.90. The van der Waals surface area contributed by atoms with Crippen molar-refractivity contribution in [3.05, 3.63) is 11.6 Å². The summed E-state index contributed by atoms with van der Waals surface area (Å²) in [5.41, 5.74) is 1.21. The molecule has 2 aliphatic rings. The summed E-state index contributed by atoms with van der Waals surface area (Å²) in [5, 5.41) is 3.58. The zero-order chi connectivity index (χ0) is 23.9. The molecule has 0 unspecified atom stereocenters. The van der Waals surface area contributed by atoms with Gasteiger partial charge in [-0.1, -0.05) is 26.7 Å². The number of fused-ring (bicyclic) bond motifs is 1. The van der Waals surface area contributed by atoms with Crippen LogP contribution < -0.4 is 5.32 Å². The van der Waals surface area contributed by atoms with Gasteiger partial charge in [0.05, 0.1) is 12.4 Å². The Kier molecular flexibility index (Phi) is 6.98. The van der Waals surface area contributed by atoms with Gasteiger partial charge in [-0.15, -0.1) is 0 Å². The van der Waals surface area contributed by atoms with Crippen LogP contribution >= 0.6 is 19.2 Å². The van der Waals surface area contributed by atoms with Crippen molar-refractivity contribution in [1.82, 2.24) is 24.4 Å². The fourth-order valence-corrected chi connectivity index (χ4v) is 5.42. The van der Waals surface area contributed by atoms with Crippen LogP contribution in [0.3, 0.4) is 0 Å². The number of hydrogen-bond donors (Lipinski definition) is 3. The maximum atomic E-state index is 12.2. The molecule has 0 aromatic carbocycles. The van der Waals surface area contributed by atoms with Crippen LogP contribution in [0.25, 0.3) is 11.2 Å². The van der Waals surface area contributed by atoms with Crippen molar-refractivity contribution < 1.29 is 23.9 Å². The highest BCUT2D eigenvalue weighted by atomic mass is 35.5. The van der Waals surface area contributed by atoms with Crippen molar-refractivity contribution in [3.63, 3.8) is 0 Å². The van der Waals surface area contributed by atoms with E-state index in [4.69, 9.17) is 26.1 Å². The maximum Gasteiger partial charge on any atom is 0.334 e. The number of carbonyl (C=O) groups excluding carboxylic acids is 1. The molecule has 3 heterocycles. The Hall–Kier alpha value is -1.78. The monoisotopic (exact) mass is 500 g/mol. The number of likely N-dealkylation sites (N-methyl/N-ethyl adjacent to an activating group) is 1. The summed E-state index contributed by atoms with van der Waals surface area (Å²) in [4.78, 5) is 45.0. The third-order valence-corrected chi connectivity index (χ3v) is 7.62. The molecular formula is C20H30ClN6O5P. The van der Waals surface area contributed by atoms with E-state index in [0.717, 1.165) is 12.8 Å². The molecular weight excluding hydrogens is 471 g/mol. The number of hydrogen-bond acceptors (Lipinski definition) is 7. The number of amides is 1. The third-order valence-electron chi connectivity index (χ3n) is 6.76. The Morgan fingerprint density at radius 2 is 2.00 bits per heavy atom. The van der Waals surface area contributed by atoms with Gasteiger partial charge in [-0.3, -0.25) is 13.9 Å². The predicted octanol–water partition coefficient (Wildman–Crippen LogP) is 2.64. The van der Waals surface area contributed by atoms with Crippen molar-refractivity contribution in [1.29, 1.82) is 0 Å². The summed E-state index contributed by atoms with van der Waals surface area (Å²) in [6.07, 6.45) is 4.70. The standard InChI is InChI=1S/C20H30ClN6O5P/c1-11-12(2)19(32-14(11)8-26(3)15(28)9-33(29,30)31)27-10-22-16-17(23-13-6-4-5-7-13)24-20(21)25-18(16)27/h10-14,19H,4-9H2,1-3H3,(H,23,24,25)(H2,29,30,31)/t11-,12+,14+,19+/m0/s1. The lowest BCUT2D eigenvalue weighted by molar-refractivity contribution is -0.129. The number of ether oxygens (including phenoxy) is 1. The van der Waals surface area contributed by atoms with Crippen molar-refractivity contribution in [2.45, 2.75) is 57.9 Å². The van der Waals surface area contributed by atoms with Crippen LogP contribution in [0, 0.1) is 11.8 Å². The van der Waals surface area contributed by atoms with E-state index in [2.05, 4.69) is 27.2 Å². The molecule has 1 aliphatic carbocycles. The molecule has 0 bridgehead atoms. The molecule has 4 rings (SSSR count). The SMILES string of the molecule is C[C@@H]1[C@H](C)[C@@H](CN(C)C(=O)CP(=O)(O)O)O[C@H]1n1cnc2c(NC3CCCC3)nc(Cl)nc21. The molecule has 1 saturated carbocycles. The average Bonchev–Trinajstić information content (AvgIpc) is 3.43. The van der Waals surface area contributed by atoms with Gasteiger partial charge in [0.1, 0.15) is 12.4 Å². The zero-order valence-corrected chi connectivity index (χ0v) is 20.5. The normalized spacial score (nSPS) is 26.2. The lowest BCUT2D eigenvalue weighted by Crippen LogP contribution is -2.38. The van der Waals surface area contributed by atoms with Crippen LogP contribution in [0.2, 0.25) is 5.28 Å². The molecule has 4 atom stereocenters. The number of halogens is 1. The lowest BCUT2D eigenvalue weighted by atomic mass is 9.92. The van der Waals surface area contributed by atoms with E-state index in [-0.39, 0.29) is 36.0 Å². The molecule has 13 heteroatoms. The number of imidazole rings is 1. The topological polar surface area (TPSA) is 143 Å². The van der Waals surface area contributed by atoms with Crippen molar-refractivity contribution in [2.24, 2.45) is 11.8 Å². The van der Waals surface area contributed by atoms with Crippen LogP contribution in [0.1, 0.15) is 45.8 Å². The van der Waals surface area contributed by atoms with Crippen LogP contribution in [-0.2, 0) is 14.1 Å². The number of rotatable bonds is 7. The van der Waals surface area contributed by atoms with Crippen molar-refractivity contribution in [2.75, 3.05) is 25.1 Å². The molecule has 1 saturated heterocycles. The van der Waals surface area contributed by atoms with Gasteiger partial charge in [0.15, 0.2) is 17.0 Å². The van der Waals surface area contributed by atoms with Gasteiger partial charge in [-0.25, -0.2) is 4.98 Å². The van der Waals surface area contributed by atoms with Gasteiger partial charge in [0.2, 0.25) is 11.2 Å². The predicted molar refractivity (Wildman–Crippen MR) is 123 cm³/mol. The second-order valence-electron chi connectivity index (χ2n) is 9.17. The molecule has 0 spiro atoms. The van der Waals surface area contributed by atoms with Gasteiger partial charge in [0.25, 0.3) is 0 Å². The highest BCUT2D eigenvalue weighted by molar-refractivity contribution is 7.52. The first-order chi connectivity index (χ1) is 15.5. The minimum absolute atomic E-state index is 0.0673. The van der Waals surface area contributed by atoms with Crippen LogP contribution in [0.5, 0.6) is 0 Å². The van der Waals surface area contributed by atoms with Gasteiger partial charge in [0, 0.05) is 25.6 Å². The Bertz CT molecular complexity index is 1070. The Morgan fingerprint density at radius 1 is 1.30 bits per heavy atom. The van der Waals surface area contributed by atoms with Crippen LogP contribution in [-0.4, -0.2) is 72.0 Å². The second kappa shape index (κ2) is 9.46. The number of aromatic nitrogens is 4. The molecule has 0 radical (unpaired) electrons. The van der Waals surface area contributed by atoms with E-state index in [1.165, 1.54) is 24.8 Å². The molecule has 11 nitrogen and oxygen atoms in total. The number of nitrogens with one attached hydrogen (secondary N) is 1.